The molecule has 4 rings (SSSR count). The normalized spacial score (nSPS) is 23.7. The molecule has 2 aliphatic rings. The maximum Gasteiger partial charge on any atom is 0.272 e. The molecule has 1 aromatic carbocycles. The molecular formula is C21H22N4O4. The summed E-state index contributed by atoms with van der Waals surface area (Å²) in [6.07, 6.45) is -0.122. The topological polar surface area (TPSA) is 112 Å². The van der Waals surface area contributed by atoms with Crippen molar-refractivity contribution in [1.82, 2.24) is 20.5 Å². The fourth-order valence-corrected chi connectivity index (χ4v) is 3.67. The second kappa shape index (κ2) is 8.00. The number of aromatic nitrogens is 1. The van der Waals surface area contributed by atoms with Crippen LogP contribution in [0.15, 0.2) is 48.5 Å². The summed E-state index contributed by atoms with van der Waals surface area (Å²) in [6, 6.07) is 13.7. The van der Waals surface area contributed by atoms with Gasteiger partial charge in [0.1, 0.15) is 11.7 Å². The number of hydrogen-bond acceptors (Lipinski definition) is 5. The monoisotopic (exact) mass is 394 g/mol. The lowest BCUT2D eigenvalue weighted by Crippen LogP contribution is -2.50. The van der Waals surface area contributed by atoms with Crippen LogP contribution >= 0.6 is 0 Å². The number of β-amino-alcohol motifs (C(OH)–C–C–N with tert-alkyl or cyclic N) is 1. The highest BCUT2D eigenvalue weighted by Crippen LogP contribution is 2.19. The van der Waals surface area contributed by atoms with Gasteiger partial charge < -0.3 is 20.6 Å². The van der Waals surface area contributed by atoms with Gasteiger partial charge >= 0.3 is 0 Å². The van der Waals surface area contributed by atoms with E-state index in [9.17, 15) is 19.5 Å². The van der Waals surface area contributed by atoms with Gasteiger partial charge in [0.05, 0.1) is 17.8 Å². The molecule has 2 fully saturated rings. The summed E-state index contributed by atoms with van der Waals surface area (Å²) in [5.41, 5.74) is 1.89. The third-order valence-electron chi connectivity index (χ3n) is 5.25. The van der Waals surface area contributed by atoms with Crippen LogP contribution in [0.25, 0.3) is 11.3 Å². The number of rotatable bonds is 4. The largest absolute Gasteiger partial charge is 0.389 e. The van der Waals surface area contributed by atoms with Crippen LogP contribution < -0.4 is 10.6 Å². The summed E-state index contributed by atoms with van der Waals surface area (Å²) in [5, 5.41) is 15.7. The number of pyridine rings is 1. The molecule has 0 bridgehead atoms. The van der Waals surface area contributed by atoms with Crippen molar-refractivity contribution in [2.24, 2.45) is 0 Å². The minimum Gasteiger partial charge on any atom is -0.389 e. The summed E-state index contributed by atoms with van der Waals surface area (Å²) in [6.45, 7) is 0.293. The third kappa shape index (κ3) is 4.12. The number of hydrogen-bond donors (Lipinski definition) is 3. The molecule has 3 heterocycles. The first-order valence-corrected chi connectivity index (χ1v) is 9.61. The minimum atomic E-state index is -0.877. The van der Waals surface area contributed by atoms with E-state index in [1.54, 1.807) is 12.1 Å². The van der Waals surface area contributed by atoms with Gasteiger partial charge in [-0.3, -0.25) is 14.4 Å². The molecule has 1 aromatic heterocycles. The van der Waals surface area contributed by atoms with E-state index in [2.05, 4.69) is 15.6 Å². The van der Waals surface area contributed by atoms with E-state index in [0.717, 1.165) is 5.56 Å². The number of aliphatic hydroxyl groups is 1. The number of nitrogens with one attached hydrogen (secondary N) is 2. The lowest BCUT2D eigenvalue weighted by molar-refractivity contribution is -0.126. The van der Waals surface area contributed by atoms with Gasteiger partial charge in [0.2, 0.25) is 11.8 Å². The number of carbonyl (C=O) groups excluding carboxylic acids is 3. The van der Waals surface area contributed by atoms with Crippen LogP contribution in [0.3, 0.4) is 0 Å². The Bertz CT molecular complexity index is 933. The fourth-order valence-electron chi connectivity index (χ4n) is 3.67. The van der Waals surface area contributed by atoms with Crippen molar-refractivity contribution in [2.75, 3.05) is 13.1 Å². The SMILES string of the molecule is O=C1CCC(C(=O)N[C@@H]2CN(C(=O)c3cccc(-c4ccccc4)n3)C[C@H]2O)N1. The molecule has 8 heteroatoms. The van der Waals surface area contributed by atoms with Crippen molar-refractivity contribution < 1.29 is 19.5 Å². The van der Waals surface area contributed by atoms with Crippen LogP contribution in [0.5, 0.6) is 0 Å². The van der Waals surface area contributed by atoms with E-state index in [-0.39, 0.29) is 36.5 Å². The van der Waals surface area contributed by atoms with Gasteiger partial charge in [0, 0.05) is 25.1 Å². The van der Waals surface area contributed by atoms with Gasteiger partial charge in [-0.15, -0.1) is 0 Å². The van der Waals surface area contributed by atoms with Crippen molar-refractivity contribution in [3.63, 3.8) is 0 Å². The molecule has 29 heavy (non-hydrogen) atoms. The van der Waals surface area contributed by atoms with Crippen LogP contribution in [-0.2, 0) is 9.59 Å². The van der Waals surface area contributed by atoms with Crippen molar-refractivity contribution in [2.45, 2.75) is 31.0 Å². The Labute approximate surface area is 167 Å². The van der Waals surface area contributed by atoms with Crippen LogP contribution in [0, 0.1) is 0 Å². The molecule has 2 aliphatic heterocycles. The van der Waals surface area contributed by atoms with Crippen LogP contribution in [0.4, 0.5) is 0 Å². The molecule has 0 radical (unpaired) electrons. The van der Waals surface area contributed by atoms with Gasteiger partial charge in [-0.25, -0.2) is 4.98 Å². The van der Waals surface area contributed by atoms with Crippen molar-refractivity contribution >= 4 is 17.7 Å². The highest BCUT2D eigenvalue weighted by atomic mass is 16.3. The summed E-state index contributed by atoms with van der Waals surface area (Å²) < 4.78 is 0. The van der Waals surface area contributed by atoms with E-state index in [1.165, 1.54) is 4.90 Å². The Kier molecular flexibility index (Phi) is 5.26. The third-order valence-corrected chi connectivity index (χ3v) is 5.25. The zero-order valence-corrected chi connectivity index (χ0v) is 15.7. The highest BCUT2D eigenvalue weighted by Gasteiger charge is 2.37. The Morgan fingerprint density at radius 3 is 2.62 bits per heavy atom. The summed E-state index contributed by atoms with van der Waals surface area (Å²) in [7, 11) is 0. The maximum atomic E-state index is 12.9. The van der Waals surface area contributed by atoms with Gasteiger partial charge in [-0.2, -0.15) is 0 Å². The molecule has 2 aromatic rings. The van der Waals surface area contributed by atoms with Crippen molar-refractivity contribution in [3.8, 4) is 11.3 Å². The lowest BCUT2D eigenvalue weighted by Gasteiger charge is -2.19. The first-order valence-electron chi connectivity index (χ1n) is 9.61. The zero-order valence-electron chi connectivity index (χ0n) is 15.7. The van der Waals surface area contributed by atoms with Crippen molar-refractivity contribution in [3.05, 3.63) is 54.2 Å². The molecule has 8 nitrogen and oxygen atoms in total. The van der Waals surface area contributed by atoms with Gasteiger partial charge in [0.15, 0.2) is 0 Å². The van der Waals surface area contributed by atoms with Crippen LogP contribution in [-0.4, -0.2) is 64.0 Å². The van der Waals surface area contributed by atoms with E-state index < -0.39 is 18.2 Å². The molecule has 1 unspecified atom stereocenters. The maximum absolute atomic E-state index is 12.9. The number of likely N-dealkylation sites (tertiary alicyclic amines) is 1. The van der Waals surface area contributed by atoms with E-state index in [1.807, 2.05) is 36.4 Å². The Morgan fingerprint density at radius 2 is 1.90 bits per heavy atom. The summed E-state index contributed by atoms with van der Waals surface area (Å²) >= 11 is 0. The molecule has 3 atom stereocenters. The van der Waals surface area contributed by atoms with Gasteiger partial charge in [-0.1, -0.05) is 36.4 Å². The Hall–Kier alpha value is -3.26. The standard InChI is InChI=1S/C21H22N4O4/c26-18-12-25(11-17(18)24-20(28)15-9-10-19(27)23-15)21(29)16-8-4-7-14(22-16)13-5-2-1-3-6-13/h1-8,15,17-18,26H,9-12H2,(H,23,27)(H,24,28)/t15?,17-,18-/m1/s1. The number of benzene rings is 1. The lowest BCUT2D eigenvalue weighted by atomic mass is 10.1. The number of aliphatic hydroxyl groups excluding tert-OH is 1. The van der Waals surface area contributed by atoms with E-state index in [4.69, 9.17) is 0 Å². The quantitative estimate of drug-likeness (QED) is 0.692. The molecule has 0 aliphatic carbocycles. The number of carbonyl (C=O) groups is 3. The Balaban J connectivity index is 1.42. The molecule has 0 saturated carbocycles. The smallest absolute Gasteiger partial charge is 0.272 e. The predicted octanol–water partition coefficient (Wildman–Crippen LogP) is 0.329. The average molecular weight is 394 g/mol. The molecular weight excluding hydrogens is 372 g/mol. The van der Waals surface area contributed by atoms with Gasteiger partial charge in [0.25, 0.3) is 5.91 Å². The highest BCUT2D eigenvalue weighted by molar-refractivity contribution is 5.93. The first-order chi connectivity index (χ1) is 14.0. The fraction of sp³-hybridized carbons (Fsp3) is 0.333. The zero-order chi connectivity index (χ0) is 20.4. The molecule has 2 saturated heterocycles. The first kappa shape index (κ1) is 19.1. The summed E-state index contributed by atoms with van der Waals surface area (Å²) in [5.74, 6) is -0.788. The van der Waals surface area contributed by atoms with Crippen LogP contribution in [0.2, 0.25) is 0 Å². The summed E-state index contributed by atoms with van der Waals surface area (Å²) in [4.78, 5) is 42.4. The predicted molar refractivity (Wildman–Crippen MR) is 105 cm³/mol. The average Bonchev–Trinajstić information content (AvgIpc) is 3.34. The molecule has 0 spiro atoms. The van der Waals surface area contributed by atoms with Gasteiger partial charge in [-0.05, 0) is 18.6 Å². The van der Waals surface area contributed by atoms with Crippen LogP contribution in [0.1, 0.15) is 23.3 Å². The number of nitrogens with zero attached hydrogens (tertiary/aromatic N) is 2. The molecule has 150 valence electrons. The number of amides is 3. The second-order valence-corrected chi connectivity index (χ2v) is 7.33. The van der Waals surface area contributed by atoms with Crippen molar-refractivity contribution in [1.29, 1.82) is 0 Å². The minimum absolute atomic E-state index is 0.109. The van der Waals surface area contributed by atoms with E-state index in [0.29, 0.717) is 18.5 Å². The second-order valence-electron chi connectivity index (χ2n) is 7.33. The van der Waals surface area contributed by atoms with E-state index >= 15 is 0 Å². The molecule has 3 N–H and O–H groups in total. The Morgan fingerprint density at radius 1 is 1.10 bits per heavy atom. The molecule has 3 amide bonds.